The number of hydrogen-bond donors (Lipinski definition) is 1. The highest BCUT2D eigenvalue weighted by atomic mass is 35.5. The van der Waals surface area contributed by atoms with Crippen molar-refractivity contribution < 1.29 is 14.3 Å². The van der Waals surface area contributed by atoms with Gasteiger partial charge in [0.2, 0.25) is 5.91 Å². The van der Waals surface area contributed by atoms with Crippen LogP contribution in [0, 0.1) is 0 Å². The van der Waals surface area contributed by atoms with Crippen LogP contribution in [-0.4, -0.2) is 43.7 Å². The van der Waals surface area contributed by atoms with E-state index in [-0.39, 0.29) is 18.6 Å². The molecule has 5 nitrogen and oxygen atoms in total. The number of para-hydroxylation sites is 2. The first kappa shape index (κ1) is 17.9. The quantitative estimate of drug-likeness (QED) is 0.858. The summed E-state index contributed by atoms with van der Waals surface area (Å²) < 4.78 is 11.6. The monoisotopic (exact) mass is 380 g/mol. The molecule has 25 heavy (non-hydrogen) atoms. The Kier molecular flexibility index (Phi) is 5.68. The van der Waals surface area contributed by atoms with Gasteiger partial charge in [-0.1, -0.05) is 35.3 Å². The number of fused-ring (bicyclic) bond motifs is 1. The van der Waals surface area contributed by atoms with Crippen molar-refractivity contribution in [3.8, 4) is 11.5 Å². The summed E-state index contributed by atoms with van der Waals surface area (Å²) in [4.78, 5) is 14.1. The standard InChI is InChI=1S/C18H18Cl2N2O3/c1-22(9-13-11-24-16-4-2-3-5-17(16)25-13)10-18(23)21-15-8-12(19)6-7-14(15)20/h2-8,13H,9-11H2,1H3,(H,21,23). The van der Waals surface area contributed by atoms with E-state index in [9.17, 15) is 4.79 Å². The molecule has 1 heterocycles. The summed E-state index contributed by atoms with van der Waals surface area (Å²) in [5, 5.41) is 3.72. The smallest absolute Gasteiger partial charge is 0.238 e. The normalized spacial score (nSPS) is 15.9. The van der Waals surface area contributed by atoms with Crippen molar-refractivity contribution in [1.82, 2.24) is 4.90 Å². The number of carbonyl (C=O) groups excluding carboxylic acids is 1. The van der Waals surface area contributed by atoms with Gasteiger partial charge in [-0.2, -0.15) is 0 Å². The van der Waals surface area contributed by atoms with Crippen LogP contribution in [0.25, 0.3) is 0 Å². The molecule has 1 unspecified atom stereocenters. The third-order valence-electron chi connectivity index (χ3n) is 3.70. The van der Waals surface area contributed by atoms with E-state index in [1.165, 1.54) is 0 Å². The molecular weight excluding hydrogens is 363 g/mol. The van der Waals surface area contributed by atoms with E-state index in [2.05, 4.69) is 5.32 Å². The number of ether oxygens (including phenoxy) is 2. The fourth-order valence-corrected chi connectivity index (χ4v) is 2.93. The zero-order chi connectivity index (χ0) is 17.8. The molecule has 3 rings (SSSR count). The molecule has 0 aromatic heterocycles. The van der Waals surface area contributed by atoms with Gasteiger partial charge < -0.3 is 14.8 Å². The molecule has 0 saturated heterocycles. The largest absolute Gasteiger partial charge is 0.486 e. The van der Waals surface area contributed by atoms with Crippen LogP contribution in [0.3, 0.4) is 0 Å². The van der Waals surface area contributed by atoms with Crippen molar-refractivity contribution in [1.29, 1.82) is 0 Å². The van der Waals surface area contributed by atoms with Crippen LogP contribution in [0.15, 0.2) is 42.5 Å². The molecule has 0 radical (unpaired) electrons. The van der Waals surface area contributed by atoms with Crippen LogP contribution in [0.5, 0.6) is 11.5 Å². The van der Waals surface area contributed by atoms with Crippen LogP contribution in [0.4, 0.5) is 5.69 Å². The minimum absolute atomic E-state index is 0.137. The highest BCUT2D eigenvalue weighted by molar-refractivity contribution is 6.35. The molecule has 0 bridgehead atoms. The number of carbonyl (C=O) groups is 1. The first-order valence-electron chi connectivity index (χ1n) is 7.83. The molecule has 2 aromatic carbocycles. The van der Waals surface area contributed by atoms with E-state index >= 15 is 0 Å². The Labute approximate surface area is 156 Å². The van der Waals surface area contributed by atoms with Gasteiger partial charge in [0.15, 0.2) is 11.5 Å². The van der Waals surface area contributed by atoms with Gasteiger partial charge in [-0.3, -0.25) is 9.69 Å². The molecule has 132 valence electrons. The number of anilines is 1. The molecule has 1 amide bonds. The number of likely N-dealkylation sites (N-methyl/N-ethyl adjacent to an activating group) is 1. The van der Waals surface area contributed by atoms with Gasteiger partial charge in [0, 0.05) is 11.6 Å². The molecule has 1 aliphatic rings. The second-order valence-corrected chi connectivity index (χ2v) is 6.71. The summed E-state index contributed by atoms with van der Waals surface area (Å²) in [5.41, 5.74) is 0.499. The van der Waals surface area contributed by atoms with E-state index in [1.54, 1.807) is 18.2 Å². The maximum absolute atomic E-state index is 12.2. The van der Waals surface area contributed by atoms with Crippen LogP contribution in [-0.2, 0) is 4.79 Å². The van der Waals surface area contributed by atoms with Crippen molar-refractivity contribution in [3.63, 3.8) is 0 Å². The number of amides is 1. The molecule has 0 fully saturated rings. The predicted molar refractivity (Wildman–Crippen MR) is 98.9 cm³/mol. The van der Waals surface area contributed by atoms with Gasteiger partial charge in [-0.05, 0) is 37.4 Å². The van der Waals surface area contributed by atoms with E-state index in [0.717, 1.165) is 11.5 Å². The molecule has 1 N–H and O–H groups in total. The molecule has 0 spiro atoms. The van der Waals surface area contributed by atoms with E-state index < -0.39 is 0 Å². The van der Waals surface area contributed by atoms with Crippen molar-refractivity contribution >= 4 is 34.8 Å². The molecule has 0 aliphatic carbocycles. The Morgan fingerprint density at radius 1 is 1.24 bits per heavy atom. The van der Waals surface area contributed by atoms with Gasteiger partial charge in [-0.15, -0.1) is 0 Å². The summed E-state index contributed by atoms with van der Waals surface area (Å²) in [6, 6.07) is 12.5. The summed E-state index contributed by atoms with van der Waals surface area (Å²) in [5.74, 6) is 1.29. The Hall–Kier alpha value is -1.95. The Morgan fingerprint density at radius 2 is 2.00 bits per heavy atom. The van der Waals surface area contributed by atoms with Gasteiger partial charge in [0.25, 0.3) is 0 Å². The highest BCUT2D eigenvalue weighted by Crippen LogP contribution is 2.31. The van der Waals surface area contributed by atoms with Crippen molar-refractivity contribution in [3.05, 3.63) is 52.5 Å². The van der Waals surface area contributed by atoms with Crippen LogP contribution < -0.4 is 14.8 Å². The lowest BCUT2D eigenvalue weighted by Crippen LogP contribution is -2.42. The third kappa shape index (κ3) is 4.78. The molecule has 0 saturated carbocycles. The SMILES string of the molecule is CN(CC(=O)Nc1cc(Cl)ccc1Cl)CC1COc2ccccc2O1. The summed E-state index contributed by atoms with van der Waals surface area (Å²) >= 11 is 12.0. The van der Waals surface area contributed by atoms with Gasteiger partial charge >= 0.3 is 0 Å². The number of halogens is 2. The van der Waals surface area contributed by atoms with Gasteiger partial charge in [-0.25, -0.2) is 0 Å². The average molecular weight is 381 g/mol. The van der Waals surface area contributed by atoms with Crippen molar-refractivity contribution in [2.24, 2.45) is 0 Å². The fourth-order valence-electron chi connectivity index (χ4n) is 2.59. The molecular formula is C18H18Cl2N2O3. The Morgan fingerprint density at radius 3 is 2.80 bits per heavy atom. The number of nitrogens with zero attached hydrogens (tertiary/aromatic N) is 1. The first-order chi connectivity index (χ1) is 12.0. The number of rotatable bonds is 5. The lowest BCUT2D eigenvalue weighted by Gasteiger charge is -2.29. The van der Waals surface area contributed by atoms with Gasteiger partial charge in [0.05, 0.1) is 17.3 Å². The molecule has 2 aromatic rings. The predicted octanol–water partition coefficient (Wildman–Crippen LogP) is 3.70. The Bertz CT molecular complexity index is 770. The zero-order valence-electron chi connectivity index (χ0n) is 13.7. The van der Waals surface area contributed by atoms with Crippen LogP contribution in [0.2, 0.25) is 10.0 Å². The molecule has 1 aliphatic heterocycles. The second kappa shape index (κ2) is 7.95. The second-order valence-electron chi connectivity index (χ2n) is 5.87. The van der Waals surface area contributed by atoms with Gasteiger partial charge in [0.1, 0.15) is 12.7 Å². The average Bonchev–Trinajstić information content (AvgIpc) is 2.58. The molecule has 1 atom stereocenters. The lowest BCUT2D eigenvalue weighted by atomic mass is 10.2. The topological polar surface area (TPSA) is 50.8 Å². The number of benzene rings is 2. The van der Waals surface area contributed by atoms with E-state index in [1.807, 2.05) is 36.2 Å². The highest BCUT2D eigenvalue weighted by Gasteiger charge is 2.22. The minimum Gasteiger partial charge on any atom is -0.486 e. The van der Waals surface area contributed by atoms with Crippen LogP contribution >= 0.6 is 23.2 Å². The van der Waals surface area contributed by atoms with Crippen LogP contribution in [0.1, 0.15) is 0 Å². The van der Waals surface area contributed by atoms with E-state index in [4.69, 9.17) is 32.7 Å². The summed E-state index contributed by atoms with van der Waals surface area (Å²) in [6.45, 7) is 1.21. The van der Waals surface area contributed by atoms with Crippen molar-refractivity contribution in [2.75, 3.05) is 32.1 Å². The minimum atomic E-state index is -0.177. The number of nitrogens with one attached hydrogen (secondary N) is 1. The summed E-state index contributed by atoms with van der Waals surface area (Å²) in [7, 11) is 1.85. The molecule has 7 heteroatoms. The Balaban J connectivity index is 1.52. The number of hydrogen-bond acceptors (Lipinski definition) is 4. The lowest BCUT2D eigenvalue weighted by molar-refractivity contribution is -0.117. The maximum atomic E-state index is 12.2. The maximum Gasteiger partial charge on any atom is 0.238 e. The summed E-state index contributed by atoms with van der Waals surface area (Å²) in [6.07, 6.45) is -0.137. The van der Waals surface area contributed by atoms with E-state index in [0.29, 0.717) is 28.9 Å². The zero-order valence-corrected chi connectivity index (χ0v) is 15.2. The fraction of sp³-hybridized carbons (Fsp3) is 0.278. The van der Waals surface area contributed by atoms with Crippen molar-refractivity contribution in [2.45, 2.75) is 6.10 Å². The first-order valence-corrected chi connectivity index (χ1v) is 8.59. The third-order valence-corrected chi connectivity index (χ3v) is 4.26.